The van der Waals surface area contributed by atoms with Gasteiger partial charge in [0, 0.05) is 22.4 Å². The normalized spacial score (nSPS) is 10.5. The predicted octanol–water partition coefficient (Wildman–Crippen LogP) is 3.85. The molecule has 19 heavy (non-hydrogen) atoms. The lowest BCUT2D eigenvalue weighted by Gasteiger charge is -2.07. The number of halogens is 2. The summed E-state index contributed by atoms with van der Waals surface area (Å²) in [6, 6.07) is 8.72. The first-order chi connectivity index (χ1) is 9.08. The molecule has 0 spiro atoms. The average Bonchev–Trinajstić information content (AvgIpc) is 2.39. The molecule has 0 saturated heterocycles. The van der Waals surface area contributed by atoms with Crippen LogP contribution >= 0.6 is 11.8 Å². The second kappa shape index (κ2) is 5.93. The monoisotopic (exact) mass is 281 g/mol. The maximum Gasteiger partial charge on any atom is 0.136 e. The number of nitrogens with two attached hydrogens (primary N) is 1. The number of nitrogen functional groups attached to an aromatic ring is 1. The van der Waals surface area contributed by atoms with Gasteiger partial charge in [-0.25, -0.2) is 8.78 Å². The van der Waals surface area contributed by atoms with Crippen molar-refractivity contribution in [2.45, 2.75) is 10.6 Å². The molecular weight excluding hydrogens is 268 g/mol. The van der Waals surface area contributed by atoms with Crippen molar-refractivity contribution in [2.75, 3.05) is 12.8 Å². The Morgan fingerprint density at radius 3 is 2.68 bits per heavy atom. The lowest BCUT2D eigenvalue weighted by Crippen LogP contribution is -1.92. The van der Waals surface area contributed by atoms with Crippen molar-refractivity contribution in [2.24, 2.45) is 0 Å². The van der Waals surface area contributed by atoms with E-state index < -0.39 is 11.6 Å². The molecule has 0 atom stereocenters. The average molecular weight is 281 g/mol. The Kier molecular flexibility index (Phi) is 4.27. The lowest BCUT2D eigenvalue weighted by atomic mass is 10.2. The van der Waals surface area contributed by atoms with Gasteiger partial charge in [-0.15, -0.1) is 11.8 Å². The third kappa shape index (κ3) is 3.61. The zero-order valence-corrected chi connectivity index (χ0v) is 11.1. The molecule has 5 heteroatoms. The van der Waals surface area contributed by atoms with Crippen molar-refractivity contribution < 1.29 is 13.5 Å². The van der Waals surface area contributed by atoms with Crippen LogP contribution in [0, 0.1) is 11.6 Å². The lowest BCUT2D eigenvalue weighted by molar-refractivity contribution is 0.414. The summed E-state index contributed by atoms with van der Waals surface area (Å²) in [6.07, 6.45) is 0. The fourth-order valence-corrected chi connectivity index (χ4v) is 2.53. The fraction of sp³-hybridized carbons (Fsp3) is 0.143. The van der Waals surface area contributed by atoms with Crippen molar-refractivity contribution in [1.82, 2.24) is 0 Å². The van der Waals surface area contributed by atoms with Gasteiger partial charge in [0.25, 0.3) is 0 Å². The number of hydrogen-bond donors (Lipinski definition) is 1. The van der Waals surface area contributed by atoms with E-state index in [1.165, 1.54) is 17.8 Å². The van der Waals surface area contributed by atoms with Crippen LogP contribution in [0.4, 0.5) is 14.5 Å². The Labute approximate surface area is 114 Å². The van der Waals surface area contributed by atoms with Gasteiger partial charge < -0.3 is 10.5 Å². The van der Waals surface area contributed by atoms with Crippen LogP contribution < -0.4 is 10.5 Å². The SMILES string of the molecule is COc1cc(N)cc(CSc2cc(F)ccc2F)c1. The summed E-state index contributed by atoms with van der Waals surface area (Å²) in [7, 11) is 1.55. The zero-order chi connectivity index (χ0) is 13.8. The molecule has 0 aliphatic heterocycles. The van der Waals surface area contributed by atoms with E-state index in [0.717, 1.165) is 17.7 Å². The van der Waals surface area contributed by atoms with E-state index in [-0.39, 0.29) is 4.90 Å². The largest absolute Gasteiger partial charge is 0.497 e. The van der Waals surface area contributed by atoms with E-state index in [1.54, 1.807) is 19.2 Å². The first-order valence-corrected chi connectivity index (χ1v) is 6.58. The van der Waals surface area contributed by atoms with E-state index in [2.05, 4.69) is 0 Å². The summed E-state index contributed by atoms with van der Waals surface area (Å²) in [5.41, 5.74) is 7.21. The molecule has 2 aromatic carbocycles. The van der Waals surface area contributed by atoms with Gasteiger partial charge in [0.1, 0.15) is 17.4 Å². The van der Waals surface area contributed by atoms with Gasteiger partial charge in [-0.1, -0.05) is 0 Å². The molecule has 0 radical (unpaired) electrons. The van der Waals surface area contributed by atoms with Crippen LogP contribution in [-0.4, -0.2) is 7.11 Å². The van der Waals surface area contributed by atoms with Crippen LogP contribution in [0.2, 0.25) is 0 Å². The van der Waals surface area contributed by atoms with E-state index in [4.69, 9.17) is 10.5 Å². The molecule has 0 aromatic heterocycles. The number of thioether (sulfide) groups is 1. The van der Waals surface area contributed by atoms with E-state index in [1.807, 2.05) is 6.07 Å². The van der Waals surface area contributed by atoms with Gasteiger partial charge in [-0.2, -0.15) is 0 Å². The standard InChI is InChI=1S/C14H13F2NOS/c1-18-12-5-9(4-11(17)7-12)8-19-14-6-10(15)2-3-13(14)16/h2-7H,8,17H2,1H3. The highest BCUT2D eigenvalue weighted by Gasteiger charge is 2.06. The van der Waals surface area contributed by atoms with Gasteiger partial charge in [-0.3, -0.25) is 0 Å². The number of benzene rings is 2. The molecule has 0 bridgehead atoms. The minimum absolute atomic E-state index is 0.279. The summed E-state index contributed by atoms with van der Waals surface area (Å²) >= 11 is 1.22. The van der Waals surface area contributed by atoms with Crippen LogP contribution in [0.3, 0.4) is 0 Å². The molecule has 0 fully saturated rings. The highest BCUT2D eigenvalue weighted by molar-refractivity contribution is 7.98. The summed E-state index contributed by atoms with van der Waals surface area (Å²) < 4.78 is 31.6. The molecule has 0 heterocycles. The number of hydrogen-bond acceptors (Lipinski definition) is 3. The van der Waals surface area contributed by atoms with Crippen molar-refractivity contribution in [3.63, 3.8) is 0 Å². The number of rotatable bonds is 4. The summed E-state index contributed by atoms with van der Waals surface area (Å²) in [5, 5.41) is 0. The van der Waals surface area contributed by atoms with Crippen LogP contribution in [0.15, 0.2) is 41.3 Å². The van der Waals surface area contributed by atoms with E-state index >= 15 is 0 Å². The third-order valence-corrected chi connectivity index (χ3v) is 3.61. The Balaban J connectivity index is 2.14. The second-order valence-electron chi connectivity index (χ2n) is 3.98. The smallest absolute Gasteiger partial charge is 0.136 e. The summed E-state index contributed by atoms with van der Waals surface area (Å²) in [6.45, 7) is 0. The zero-order valence-electron chi connectivity index (χ0n) is 10.3. The molecular formula is C14H13F2NOS. The van der Waals surface area contributed by atoms with E-state index in [9.17, 15) is 8.78 Å². The van der Waals surface area contributed by atoms with Gasteiger partial charge in [0.2, 0.25) is 0 Å². The Morgan fingerprint density at radius 1 is 1.16 bits per heavy atom. The third-order valence-electron chi connectivity index (χ3n) is 2.51. The second-order valence-corrected chi connectivity index (χ2v) is 5.00. The van der Waals surface area contributed by atoms with Gasteiger partial charge in [0.05, 0.1) is 7.11 Å². The molecule has 2 nitrogen and oxygen atoms in total. The van der Waals surface area contributed by atoms with E-state index in [0.29, 0.717) is 17.2 Å². The van der Waals surface area contributed by atoms with Gasteiger partial charge >= 0.3 is 0 Å². The predicted molar refractivity (Wildman–Crippen MR) is 73.3 cm³/mol. The van der Waals surface area contributed by atoms with Crippen molar-refractivity contribution in [3.05, 3.63) is 53.6 Å². The summed E-state index contributed by atoms with van der Waals surface area (Å²) in [5.74, 6) is 0.258. The molecule has 2 rings (SSSR count). The number of methoxy groups -OCH3 is 1. The Bertz CT molecular complexity index is 590. The first-order valence-electron chi connectivity index (χ1n) is 5.60. The highest BCUT2D eigenvalue weighted by atomic mass is 32.2. The van der Waals surface area contributed by atoms with Crippen molar-refractivity contribution in [1.29, 1.82) is 0 Å². The molecule has 0 amide bonds. The maximum atomic E-state index is 13.5. The molecule has 0 aliphatic carbocycles. The van der Waals surface area contributed by atoms with Crippen LogP contribution in [0.5, 0.6) is 5.75 Å². The Morgan fingerprint density at radius 2 is 1.95 bits per heavy atom. The molecule has 0 saturated carbocycles. The van der Waals surface area contributed by atoms with Crippen LogP contribution in [0.25, 0.3) is 0 Å². The quantitative estimate of drug-likeness (QED) is 0.683. The van der Waals surface area contributed by atoms with Crippen LogP contribution in [-0.2, 0) is 5.75 Å². The summed E-state index contributed by atoms with van der Waals surface area (Å²) in [4.78, 5) is 0.279. The minimum Gasteiger partial charge on any atom is -0.497 e. The fourth-order valence-electron chi connectivity index (χ4n) is 1.64. The van der Waals surface area contributed by atoms with Gasteiger partial charge in [0.15, 0.2) is 0 Å². The maximum absolute atomic E-state index is 13.5. The Hall–Kier alpha value is -1.75. The molecule has 100 valence electrons. The number of ether oxygens (including phenoxy) is 1. The minimum atomic E-state index is -0.450. The number of anilines is 1. The van der Waals surface area contributed by atoms with Crippen molar-refractivity contribution in [3.8, 4) is 5.75 Å². The molecule has 2 N–H and O–H groups in total. The highest BCUT2D eigenvalue weighted by Crippen LogP contribution is 2.28. The van der Waals surface area contributed by atoms with Crippen LogP contribution in [0.1, 0.15) is 5.56 Å². The molecule has 0 unspecified atom stereocenters. The van der Waals surface area contributed by atoms with Crippen molar-refractivity contribution >= 4 is 17.4 Å². The molecule has 0 aliphatic rings. The van der Waals surface area contributed by atoms with Gasteiger partial charge in [-0.05, 0) is 35.9 Å². The first kappa shape index (κ1) is 13.7. The topological polar surface area (TPSA) is 35.2 Å². The molecule has 2 aromatic rings.